The summed E-state index contributed by atoms with van der Waals surface area (Å²) in [5.74, 6) is 2.30. The molecular formula is C12H28O4S2Si. The van der Waals surface area contributed by atoms with E-state index in [1.165, 1.54) is 0 Å². The maximum absolute atomic E-state index is 9.49. The quantitative estimate of drug-likeness (QED) is 0.238. The zero-order valence-electron chi connectivity index (χ0n) is 11.8. The van der Waals surface area contributed by atoms with Crippen molar-refractivity contribution in [2.75, 3.05) is 24.7 Å². The summed E-state index contributed by atoms with van der Waals surface area (Å²) in [7, 11) is -3.86. The van der Waals surface area contributed by atoms with E-state index in [-0.39, 0.29) is 0 Å². The summed E-state index contributed by atoms with van der Waals surface area (Å²) < 4.78 is 9.99. The lowest BCUT2D eigenvalue weighted by Crippen LogP contribution is -2.43. The summed E-state index contributed by atoms with van der Waals surface area (Å²) in [6.45, 7) is 2.71. The SMILES string of the molecule is CCCCO[Si](O)(O)OCCCCCC(CS)CS. The maximum Gasteiger partial charge on any atom is 0.674 e. The Morgan fingerprint density at radius 2 is 1.53 bits per heavy atom. The van der Waals surface area contributed by atoms with Gasteiger partial charge in [0.25, 0.3) is 0 Å². The van der Waals surface area contributed by atoms with Gasteiger partial charge in [0.05, 0.1) is 0 Å². The van der Waals surface area contributed by atoms with Crippen LogP contribution in [-0.4, -0.2) is 43.4 Å². The third kappa shape index (κ3) is 12.2. The highest BCUT2D eigenvalue weighted by Gasteiger charge is 2.35. The van der Waals surface area contributed by atoms with Gasteiger partial charge in [-0.3, -0.25) is 0 Å². The van der Waals surface area contributed by atoms with E-state index in [0.29, 0.717) is 19.1 Å². The average molecular weight is 329 g/mol. The van der Waals surface area contributed by atoms with Gasteiger partial charge in [-0.1, -0.05) is 26.2 Å². The van der Waals surface area contributed by atoms with Gasteiger partial charge in [0.2, 0.25) is 0 Å². The summed E-state index contributed by atoms with van der Waals surface area (Å²) in [6.07, 6.45) is 5.81. The summed E-state index contributed by atoms with van der Waals surface area (Å²) in [6, 6.07) is 0. The van der Waals surface area contributed by atoms with E-state index in [1.807, 2.05) is 6.92 Å². The molecule has 7 heteroatoms. The van der Waals surface area contributed by atoms with E-state index in [2.05, 4.69) is 25.3 Å². The molecule has 0 spiro atoms. The van der Waals surface area contributed by atoms with E-state index in [9.17, 15) is 9.59 Å². The largest absolute Gasteiger partial charge is 0.674 e. The lowest BCUT2D eigenvalue weighted by Gasteiger charge is -2.17. The zero-order valence-corrected chi connectivity index (χ0v) is 14.5. The molecule has 0 aliphatic rings. The summed E-state index contributed by atoms with van der Waals surface area (Å²) in [4.78, 5) is 19.0. The van der Waals surface area contributed by atoms with Crippen molar-refractivity contribution in [1.29, 1.82) is 0 Å². The van der Waals surface area contributed by atoms with Gasteiger partial charge >= 0.3 is 9.05 Å². The predicted octanol–water partition coefficient (Wildman–Crippen LogP) is 2.28. The van der Waals surface area contributed by atoms with Crippen LogP contribution in [0, 0.1) is 5.92 Å². The van der Waals surface area contributed by atoms with Crippen molar-refractivity contribution in [2.24, 2.45) is 5.92 Å². The lowest BCUT2D eigenvalue weighted by molar-refractivity contribution is 0.0222. The second kappa shape index (κ2) is 12.5. The van der Waals surface area contributed by atoms with Crippen LogP contribution in [0.2, 0.25) is 0 Å². The third-order valence-corrected chi connectivity index (χ3v) is 5.04. The Bertz CT molecular complexity index is 204. The molecule has 0 aliphatic carbocycles. The van der Waals surface area contributed by atoms with Crippen LogP contribution in [0.3, 0.4) is 0 Å². The van der Waals surface area contributed by atoms with Crippen LogP contribution in [0.4, 0.5) is 0 Å². The summed E-state index contributed by atoms with van der Waals surface area (Å²) in [5.41, 5.74) is 0. The molecular weight excluding hydrogens is 300 g/mol. The number of hydrogen-bond donors (Lipinski definition) is 4. The van der Waals surface area contributed by atoms with Crippen molar-refractivity contribution in [3.8, 4) is 0 Å². The first kappa shape index (κ1) is 19.8. The van der Waals surface area contributed by atoms with E-state index in [4.69, 9.17) is 8.85 Å². The maximum atomic E-state index is 9.49. The molecule has 0 heterocycles. The van der Waals surface area contributed by atoms with Gasteiger partial charge in [-0.15, -0.1) is 0 Å². The molecule has 0 bridgehead atoms. The molecule has 0 saturated carbocycles. The van der Waals surface area contributed by atoms with E-state index >= 15 is 0 Å². The summed E-state index contributed by atoms with van der Waals surface area (Å²) in [5, 5.41) is 0. The Hall–Kier alpha value is 0.757. The molecule has 0 atom stereocenters. The first-order chi connectivity index (χ1) is 9.05. The molecule has 0 rings (SSSR count). The van der Waals surface area contributed by atoms with Crippen molar-refractivity contribution in [3.63, 3.8) is 0 Å². The molecule has 0 amide bonds. The predicted molar refractivity (Wildman–Crippen MR) is 86.7 cm³/mol. The van der Waals surface area contributed by atoms with Gasteiger partial charge in [0.15, 0.2) is 0 Å². The molecule has 0 fully saturated rings. The molecule has 0 radical (unpaired) electrons. The molecule has 19 heavy (non-hydrogen) atoms. The molecule has 0 aromatic rings. The zero-order chi connectivity index (χ0) is 14.6. The van der Waals surface area contributed by atoms with Crippen molar-refractivity contribution >= 4 is 34.3 Å². The van der Waals surface area contributed by atoms with Crippen LogP contribution in [-0.2, 0) is 8.85 Å². The van der Waals surface area contributed by atoms with Crippen LogP contribution in [0.25, 0.3) is 0 Å². The monoisotopic (exact) mass is 328 g/mol. The Labute approximate surface area is 129 Å². The topological polar surface area (TPSA) is 58.9 Å². The molecule has 0 unspecified atom stereocenters. The number of rotatable bonds is 13. The van der Waals surface area contributed by atoms with Crippen molar-refractivity contribution < 1.29 is 18.4 Å². The highest BCUT2D eigenvalue weighted by molar-refractivity contribution is 7.81. The van der Waals surface area contributed by atoms with Gasteiger partial charge in [0.1, 0.15) is 0 Å². The fourth-order valence-electron chi connectivity index (χ4n) is 1.55. The molecule has 0 aliphatic heterocycles. The molecule has 116 valence electrons. The Balaban J connectivity index is 3.46. The highest BCUT2D eigenvalue weighted by Crippen LogP contribution is 2.13. The van der Waals surface area contributed by atoms with Gasteiger partial charge in [-0.25, -0.2) is 0 Å². The Morgan fingerprint density at radius 1 is 0.947 bits per heavy atom. The van der Waals surface area contributed by atoms with Gasteiger partial charge in [-0.05, 0) is 36.7 Å². The average Bonchev–Trinajstić information content (AvgIpc) is 2.38. The van der Waals surface area contributed by atoms with Crippen LogP contribution in [0.15, 0.2) is 0 Å². The molecule has 0 aromatic carbocycles. The first-order valence-electron chi connectivity index (χ1n) is 7.00. The van der Waals surface area contributed by atoms with Gasteiger partial charge in [0, 0.05) is 13.2 Å². The standard InChI is InChI=1S/C12H28O4S2Si/c1-2-3-8-15-19(13,14)16-9-6-4-5-7-12(10-17)11-18/h12-14,17-18H,2-11H2,1H3. The van der Waals surface area contributed by atoms with E-state index in [0.717, 1.165) is 50.0 Å². The van der Waals surface area contributed by atoms with Crippen LogP contribution in [0.5, 0.6) is 0 Å². The molecule has 0 aromatic heterocycles. The number of hydrogen-bond acceptors (Lipinski definition) is 6. The third-order valence-electron chi connectivity index (χ3n) is 2.85. The Kier molecular flexibility index (Phi) is 13.0. The van der Waals surface area contributed by atoms with Crippen LogP contribution in [0.1, 0.15) is 45.4 Å². The smallest absolute Gasteiger partial charge is 0.367 e. The van der Waals surface area contributed by atoms with E-state index in [1.54, 1.807) is 0 Å². The van der Waals surface area contributed by atoms with Gasteiger partial charge < -0.3 is 18.4 Å². The fraction of sp³-hybridized carbons (Fsp3) is 1.00. The minimum absolute atomic E-state index is 0.345. The van der Waals surface area contributed by atoms with Crippen molar-refractivity contribution in [2.45, 2.75) is 45.4 Å². The van der Waals surface area contributed by atoms with Crippen molar-refractivity contribution in [1.82, 2.24) is 0 Å². The fourth-order valence-corrected chi connectivity index (χ4v) is 3.28. The molecule has 4 nitrogen and oxygen atoms in total. The second-order valence-corrected chi connectivity index (χ2v) is 7.08. The number of thiol groups is 2. The van der Waals surface area contributed by atoms with Crippen molar-refractivity contribution in [3.05, 3.63) is 0 Å². The first-order valence-corrected chi connectivity index (χ1v) is 9.97. The second-order valence-electron chi connectivity index (χ2n) is 4.68. The normalized spacial score (nSPS) is 12.3. The Morgan fingerprint density at radius 3 is 2.05 bits per heavy atom. The molecule has 0 saturated heterocycles. The van der Waals surface area contributed by atoms with Crippen LogP contribution < -0.4 is 0 Å². The lowest BCUT2D eigenvalue weighted by atomic mass is 10.1. The minimum atomic E-state index is -3.86. The summed E-state index contributed by atoms with van der Waals surface area (Å²) >= 11 is 8.53. The van der Waals surface area contributed by atoms with Crippen LogP contribution >= 0.6 is 25.3 Å². The molecule has 2 N–H and O–H groups in total. The highest BCUT2D eigenvalue weighted by atomic mass is 32.1. The number of unbranched alkanes of at least 4 members (excludes halogenated alkanes) is 3. The van der Waals surface area contributed by atoms with E-state index < -0.39 is 9.05 Å². The van der Waals surface area contributed by atoms with Gasteiger partial charge in [-0.2, -0.15) is 25.3 Å². The minimum Gasteiger partial charge on any atom is -0.367 e.